The highest BCUT2D eigenvalue weighted by Crippen LogP contribution is 2.40. The molecule has 0 saturated carbocycles. The Morgan fingerprint density at radius 3 is 0.841 bits per heavy atom. The molecule has 2 aliphatic heterocycles. The summed E-state index contributed by atoms with van der Waals surface area (Å²) in [6.45, 7) is 0. The van der Waals surface area contributed by atoms with Gasteiger partial charge in [0.2, 0.25) is 0 Å². The van der Waals surface area contributed by atoms with Crippen LogP contribution in [0.25, 0.3) is 10.8 Å². The van der Waals surface area contributed by atoms with Crippen LogP contribution in [0.15, 0.2) is 60.7 Å². The third-order valence-electron chi connectivity index (χ3n) is 7.19. The molecule has 0 spiro atoms. The van der Waals surface area contributed by atoms with E-state index in [2.05, 4.69) is 0 Å². The Morgan fingerprint density at radius 1 is 0.409 bits per heavy atom. The number of carbonyl (C=O) groups excluding carboxylic acids is 8. The minimum atomic E-state index is -1.79. The minimum absolute atomic E-state index is 0.0947. The van der Waals surface area contributed by atoms with E-state index in [1.807, 2.05) is 0 Å². The van der Waals surface area contributed by atoms with Crippen molar-refractivity contribution in [3.05, 3.63) is 105 Å². The molecule has 44 heavy (non-hydrogen) atoms. The highest BCUT2D eigenvalue weighted by atomic mass is 16.4. The number of rotatable bonds is 6. The number of hydrogen-bond acceptors (Lipinski definition) is 12. The van der Waals surface area contributed by atoms with Crippen molar-refractivity contribution in [3.8, 4) is 0 Å². The second-order valence-corrected chi connectivity index (χ2v) is 9.65. The molecule has 0 atom stereocenters. The first-order valence-corrected chi connectivity index (χ1v) is 12.3. The maximum Gasteiger partial charge on any atom is 0.265 e. The molecule has 6 rings (SSSR count). The summed E-state index contributed by atoms with van der Waals surface area (Å²) in [7, 11) is 0. The van der Waals surface area contributed by atoms with E-state index in [0.29, 0.717) is 9.80 Å². The molecular weight excluding hydrogens is 580 g/mol. The van der Waals surface area contributed by atoms with Crippen LogP contribution in [0.4, 0.5) is 11.4 Å². The van der Waals surface area contributed by atoms with E-state index in [1.165, 1.54) is 0 Å². The van der Waals surface area contributed by atoms with Gasteiger partial charge >= 0.3 is 0 Å². The second-order valence-electron chi connectivity index (χ2n) is 9.65. The monoisotopic (exact) mass is 590 g/mol. The third-order valence-corrected chi connectivity index (χ3v) is 7.19. The number of imide groups is 2. The number of amides is 4. The summed E-state index contributed by atoms with van der Waals surface area (Å²) in [5.41, 5.74) is -4.23. The first-order valence-electron chi connectivity index (χ1n) is 12.3. The van der Waals surface area contributed by atoms with Crippen molar-refractivity contribution in [2.24, 2.45) is 0 Å². The number of nitrogens with zero attached hydrogens (tertiary/aromatic N) is 2. The van der Waals surface area contributed by atoms with Gasteiger partial charge < -0.3 is 39.6 Å². The number of aromatic carboxylic acids is 4. The Kier molecular flexibility index (Phi) is 5.88. The van der Waals surface area contributed by atoms with Gasteiger partial charge in [0, 0.05) is 33.0 Å². The molecule has 4 aromatic rings. The zero-order valence-corrected chi connectivity index (χ0v) is 21.6. The number of benzene rings is 4. The van der Waals surface area contributed by atoms with Crippen molar-refractivity contribution in [2.45, 2.75) is 0 Å². The van der Waals surface area contributed by atoms with E-state index in [4.69, 9.17) is 0 Å². The van der Waals surface area contributed by atoms with E-state index in [-0.39, 0.29) is 33.0 Å². The van der Waals surface area contributed by atoms with Crippen molar-refractivity contribution < 1.29 is 58.8 Å². The van der Waals surface area contributed by atoms with Crippen LogP contribution in [0.5, 0.6) is 0 Å². The molecule has 0 unspecified atom stereocenters. The smallest absolute Gasteiger partial charge is 0.265 e. The van der Waals surface area contributed by atoms with Crippen molar-refractivity contribution >= 4 is 69.7 Å². The van der Waals surface area contributed by atoms with Crippen molar-refractivity contribution in [3.63, 3.8) is 0 Å². The highest BCUT2D eigenvalue weighted by molar-refractivity contribution is 6.42. The number of carbonyl (C=O) groups is 8. The Labute approximate surface area is 243 Å². The van der Waals surface area contributed by atoms with Crippen molar-refractivity contribution in [1.82, 2.24) is 0 Å². The minimum Gasteiger partial charge on any atom is -0.545 e. The third kappa shape index (κ3) is 3.89. The van der Waals surface area contributed by atoms with Gasteiger partial charge in [-0.3, -0.25) is 19.2 Å². The van der Waals surface area contributed by atoms with Crippen LogP contribution in [0.3, 0.4) is 0 Å². The van der Waals surface area contributed by atoms with Crippen molar-refractivity contribution in [2.75, 3.05) is 9.80 Å². The van der Waals surface area contributed by atoms with Crippen LogP contribution >= 0.6 is 0 Å². The predicted molar refractivity (Wildman–Crippen MR) is 136 cm³/mol. The number of carboxylic acids is 4. The molecule has 14 nitrogen and oxygen atoms in total. The average Bonchev–Trinajstić information content (AvgIpc) is 2.98. The standard InChI is InChI=1S/C30H14N2O12/c33-23-17-1-2-18-22-20(26(36)32(24(18)34)16-9-13(29(41)42)6-14(10-16)30(43)44)4-3-19(21(17)22)25(35)31(23)15-7-11(27(37)38)5-12(8-15)28(39)40/h1-10H,(H,37,38)(H,39,40)(H,41,42)(H,43,44)/p-4. The van der Waals surface area contributed by atoms with Gasteiger partial charge in [0.1, 0.15) is 0 Å². The summed E-state index contributed by atoms with van der Waals surface area (Å²) in [4.78, 5) is 102. The van der Waals surface area contributed by atoms with E-state index in [9.17, 15) is 58.8 Å². The Hall–Kier alpha value is -6.70. The summed E-state index contributed by atoms with van der Waals surface area (Å²) in [5, 5.41) is 45.8. The lowest BCUT2D eigenvalue weighted by atomic mass is 9.85. The number of anilines is 2. The molecule has 0 fully saturated rings. The van der Waals surface area contributed by atoms with Crippen LogP contribution in [0, 0.1) is 0 Å². The SMILES string of the molecule is O=C([O-])c1cc(C(=O)[O-])cc(N2C(=O)c3ccc4c5c(ccc(c35)C2=O)C(=O)N(c2cc(C(=O)[O-])cc(C(=O)[O-])c2)C4=O)c1. The largest absolute Gasteiger partial charge is 0.545 e. The van der Waals surface area contributed by atoms with E-state index >= 15 is 0 Å². The molecule has 0 aromatic heterocycles. The number of hydrogen-bond donors (Lipinski definition) is 0. The van der Waals surface area contributed by atoms with Gasteiger partial charge in [0.05, 0.1) is 35.3 Å². The number of carboxylic acid groups (broad SMARTS) is 4. The van der Waals surface area contributed by atoms with E-state index in [0.717, 1.165) is 60.7 Å². The van der Waals surface area contributed by atoms with Gasteiger partial charge in [-0.05, 0) is 82.9 Å². The summed E-state index contributed by atoms with van der Waals surface area (Å²) in [5.74, 6) is -11.3. The molecule has 2 heterocycles. The van der Waals surface area contributed by atoms with E-state index in [1.54, 1.807) is 0 Å². The fourth-order valence-electron chi connectivity index (χ4n) is 5.30. The van der Waals surface area contributed by atoms with Gasteiger partial charge in [-0.1, -0.05) is 0 Å². The van der Waals surface area contributed by atoms with Crippen LogP contribution in [0.2, 0.25) is 0 Å². The lowest BCUT2D eigenvalue weighted by molar-refractivity contribution is -0.257. The summed E-state index contributed by atoms with van der Waals surface area (Å²) >= 11 is 0. The molecular formula is C30H10N2O12-4. The fraction of sp³-hybridized carbons (Fsp3) is 0. The molecule has 0 radical (unpaired) electrons. The first-order chi connectivity index (χ1) is 20.8. The second kappa shape index (κ2) is 9.42. The zero-order chi connectivity index (χ0) is 31.8. The molecule has 0 aliphatic carbocycles. The van der Waals surface area contributed by atoms with Gasteiger partial charge in [-0.2, -0.15) is 0 Å². The van der Waals surface area contributed by atoms with Gasteiger partial charge in [0.25, 0.3) is 23.6 Å². The van der Waals surface area contributed by atoms with Gasteiger partial charge in [-0.15, -0.1) is 0 Å². The fourth-order valence-corrected chi connectivity index (χ4v) is 5.30. The maximum absolute atomic E-state index is 13.6. The van der Waals surface area contributed by atoms with Crippen molar-refractivity contribution in [1.29, 1.82) is 0 Å². The molecule has 0 bridgehead atoms. The molecule has 0 saturated heterocycles. The quantitative estimate of drug-likeness (QED) is 0.220. The zero-order valence-electron chi connectivity index (χ0n) is 21.6. The molecule has 4 amide bonds. The van der Waals surface area contributed by atoms with Gasteiger partial charge in [0.15, 0.2) is 0 Å². The van der Waals surface area contributed by atoms with Crippen LogP contribution in [-0.2, 0) is 0 Å². The Morgan fingerprint density at radius 2 is 0.636 bits per heavy atom. The highest BCUT2D eigenvalue weighted by Gasteiger charge is 2.41. The molecule has 14 heteroatoms. The normalized spacial score (nSPS) is 13.8. The lowest BCUT2D eigenvalue weighted by Crippen LogP contribution is -2.44. The van der Waals surface area contributed by atoms with E-state index < -0.39 is 81.1 Å². The lowest BCUT2D eigenvalue weighted by Gasteiger charge is -2.32. The first kappa shape index (κ1) is 27.5. The maximum atomic E-state index is 13.6. The summed E-state index contributed by atoms with van der Waals surface area (Å²) < 4.78 is 0. The van der Waals surface area contributed by atoms with Crippen LogP contribution < -0.4 is 30.2 Å². The van der Waals surface area contributed by atoms with Crippen LogP contribution in [0.1, 0.15) is 82.9 Å². The Balaban J connectivity index is 1.52. The van der Waals surface area contributed by atoms with Gasteiger partial charge in [-0.25, -0.2) is 9.80 Å². The average molecular weight is 590 g/mol. The molecule has 0 N–H and O–H groups in total. The van der Waals surface area contributed by atoms with Crippen LogP contribution in [-0.4, -0.2) is 47.5 Å². The topological polar surface area (TPSA) is 235 Å². The summed E-state index contributed by atoms with van der Waals surface area (Å²) in [6, 6.07) is 9.53. The molecule has 2 aliphatic rings. The molecule has 216 valence electrons. The predicted octanol–water partition coefficient (Wildman–Crippen LogP) is -2.10. The summed E-state index contributed by atoms with van der Waals surface area (Å²) in [6.07, 6.45) is 0. The Bertz CT molecular complexity index is 1850. The molecule has 4 aromatic carbocycles.